The molecule has 0 aliphatic heterocycles. The number of carbonyl (C=O) groups is 1. The van der Waals surface area contributed by atoms with E-state index >= 15 is 0 Å². The molecule has 0 aromatic heterocycles. The number of hydrogen-bond donors (Lipinski definition) is 3. The summed E-state index contributed by atoms with van der Waals surface area (Å²) < 4.78 is 0. The second-order valence-corrected chi connectivity index (χ2v) is 5.69. The molecule has 0 fully saturated rings. The summed E-state index contributed by atoms with van der Waals surface area (Å²) in [5, 5.41) is 28.0. The summed E-state index contributed by atoms with van der Waals surface area (Å²) in [5.41, 5.74) is 2.82. The Morgan fingerprint density at radius 2 is 1.58 bits per heavy atom. The van der Waals surface area contributed by atoms with E-state index in [2.05, 4.69) is 13.8 Å². The van der Waals surface area contributed by atoms with E-state index in [9.17, 15) is 15.0 Å². The topological polar surface area (TPSA) is 77.8 Å². The predicted molar refractivity (Wildman–Crippen MR) is 96.4 cm³/mol. The van der Waals surface area contributed by atoms with Crippen LogP contribution in [0.25, 0.3) is 11.1 Å². The third kappa shape index (κ3) is 4.88. The van der Waals surface area contributed by atoms with Gasteiger partial charge in [0, 0.05) is 16.7 Å². The Morgan fingerprint density at radius 1 is 1.00 bits per heavy atom. The van der Waals surface area contributed by atoms with Crippen molar-refractivity contribution in [2.24, 2.45) is 0 Å². The molecule has 0 heterocycles. The van der Waals surface area contributed by atoms with E-state index in [1.165, 1.54) is 0 Å². The fraction of sp³-hybridized carbons (Fsp3) is 0.250. The lowest BCUT2D eigenvalue weighted by Gasteiger charge is -2.15. The number of phenols is 2. The van der Waals surface area contributed by atoms with Crippen LogP contribution in [0.5, 0.6) is 11.5 Å². The van der Waals surface area contributed by atoms with Gasteiger partial charge in [-0.3, -0.25) is 0 Å². The predicted octanol–water partition coefficient (Wildman–Crippen LogP) is 4.93. The van der Waals surface area contributed by atoms with E-state index in [1.807, 2.05) is 24.3 Å². The quantitative estimate of drug-likeness (QED) is 0.698. The smallest absolute Gasteiger partial charge is 0.330 e. The van der Waals surface area contributed by atoms with Gasteiger partial charge in [0.2, 0.25) is 0 Å². The Morgan fingerprint density at radius 3 is 2.04 bits per heavy atom. The van der Waals surface area contributed by atoms with Crippen molar-refractivity contribution in [3.8, 4) is 22.6 Å². The number of aliphatic carboxylic acids is 1. The maximum Gasteiger partial charge on any atom is 0.330 e. The highest BCUT2D eigenvalue weighted by atomic mass is 16.4. The minimum Gasteiger partial charge on any atom is -0.507 e. The summed E-state index contributed by atoms with van der Waals surface area (Å²) in [4.78, 5) is 9.86. The first-order chi connectivity index (χ1) is 11.3. The average Bonchev–Trinajstić information content (AvgIpc) is 2.55. The third-order valence-corrected chi connectivity index (χ3v) is 3.64. The Balaban J connectivity index is 0.000000351. The molecule has 0 unspecified atom stereocenters. The van der Waals surface area contributed by atoms with E-state index in [0.29, 0.717) is 11.1 Å². The first kappa shape index (κ1) is 19.3. The van der Waals surface area contributed by atoms with Crippen molar-refractivity contribution in [1.82, 2.24) is 0 Å². The zero-order valence-corrected chi connectivity index (χ0v) is 14.4. The standard InChI is InChI=1S/C15H16O2.C5H8O2/c1-10(2)11-7-5-9-14(17)15(11)12-6-3-4-8-13(12)16;1-3-4(2)5(6)7/h3-10,16-17H,1-2H3;3H,1-2H3,(H,6,7). The van der Waals surface area contributed by atoms with Gasteiger partial charge in [-0.15, -0.1) is 0 Å². The van der Waals surface area contributed by atoms with Gasteiger partial charge in [0.1, 0.15) is 11.5 Å². The zero-order valence-electron chi connectivity index (χ0n) is 14.4. The lowest BCUT2D eigenvalue weighted by molar-refractivity contribution is -0.132. The van der Waals surface area contributed by atoms with Gasteiger partial charge in [0.25, 0.3) is 0 Å². The maximum atomic E-state index is 10.0. The fourth-order valence-corrected chi connectivity index (χ4v) is 2.14. The normalized spacial score (nSPS) is 11.0. The number of para-hydroxylation sites is 1. The third-order valence-electron chi connectivity index (χ3n) is 3.64. The van der Waals surface area contributed by atoms with Gasteiger partial charge in [0.05, 0.1) is 0 Å². The second-order valence-electron chi connectivity index (χ2n) is 5.69. The zero-order chi connectivity index (χ0) is 18.3. The van der Waals surface area contributed by atoms with Crippen molar-refractivity contribution in [1.29, 1.82) is 0 Å². The molecule has 0 atom stereocenters. The van der Waals surface area contributed by atoms with Crippen LogP contribution in [0.15, 0.2) is 54.1 Å². The van der Waals surface area contributed by atoms with Crippen molar-refractivity contribution in [2.45, 2.75) is 33.6 Å². The highest BCUT2D eigenvalue weighted by Crippen LogP contribution is 2.40. The summed E-state index contributed by atoms with van der Waals surface area (Å²) in [5.74, 6) is -0.159. The number of carboxylic acid groups (broad SMARTS) is 1. The van der Waals surface area contributed by atoms with Crippen LogP contribution >= 0.6 is 0 Å². The largest absolute Gasteiger partial charge is 0.507 e. The minimum absolute atomic E-state index is 0.191. The molecule has 4 nitrogen and oxygen atoms in total. The molecule has 128 valence electrons. The second kappa shape index (κ2) is 8.77. The highest BCUT2D eigenvalue weighted by molar-refractivity contribution is 5.85. The number of benzene rings is 2. The molecule has 0 amide bonds. The average molecular weight is 328 g/mol. The Labute approximate surface area is 142 Å². The van der Waals surface area contributed by atoms with Crippen molar-refractivity contribution >= 4 is 5.97 Å². The molecule has 3 N–H and O–H groups in total. The molecule has 0 radical (unpaired) electrons. The SMILES string of the molecule is CC(C)c1cccc(O)c1-c1ccccc1O.CC=C(C)C(=O)O. The van der Waals surface area contributed by atoms with Gasteiger partial charge in [-0.25, -0.2) is 4.79 Å². The Kier molecular flexibility index (Phi) is 7.05. The van der Waals surface area contributed by atoms with Crippen LogP contribution in [0.1, 0.15) is 39.2 Å². The van der Waals surface area contributed by atoms with Gasteiger partial charge < -0.3 is 15.3 Å². The fourth-order valence-electron chi connectivity index (χ4n) is 2.14. The van der Waals surface area contributed by atoms with E-state index in [4.69, 9.17) is 5.11 Å². The molecule has 2 aromatic rings. The molecule has 0 bridgehead atoms. The molecular formula is C20H24O4. The van der Waals surface area contributed by atoms with E-state index in [1.54, 1.807) is 38.1 Å². The lowest BCUT2D eigenvalue weighted by atomic mass is 9.91. The highest BCUT2D eigenvalue weighted by Gasteiger charge is 2.15. The summed E-state index contributed by atoms with van der Waals surface area (Å²) in [6, 6.07) is 12.5. The van der Waals surface area contributed by atoms with Crippen molar-refractivity contribution in [3.63, 3.8) is 0 Å². The number of allylic oxidation sites excluding steroid dienone is 1. The molecule has 0 aliphatic carbocycles. The van der Waals surface area contributed by atoms with Gasteiger partial charge in [-0.05, 0) is 37.5 Å². The van der Waals surface area contributed by atoms with Crippen LogP contribution in [0.4, 0.5) is 0 Å². The van der Waals surface area contributed by atoms with E-state index in [0.717, 1.165) is 11.1 Å². The van der Waals surface area contributed by atoms with Crippen molar-refractivity contribution < 1.29 is 20.1 Å². The van der Waals surface area contributed by atoms with E-state index in [-0.39, 0.29) is 17.4 Å². The Bertz CT molecular complexity index is 730. The molecule has 0 saturated carbocycles. The molecule has 2 rings (SSSR count). The van der Waals surface area contributed by atoms with Gasteiger partial charge >= 0.3 is 5.97 Å². The molecule has 0 saturated heterocycles. The number of hydrogen-bond acceptors (Lipinski definition) is 3. The van der Waals surface area contributed by atoms with Crippen LogP contribution in [-0.2, 0) is 4.79 Å². The van der Waals surface area contributed by atoms with Crippen LogP contribution in [0.2, 0.25) is 0 Å². The summed E-state index contributed by atoms with van der Waals surface area (Å²) in [7, 11) is 0. The molecule has 0 spiro atoms. The first-order valence-corrected chi connectivity index (χ1v) is 7.76. The van der Waals surface area contributed by atoms with Crippen molar-refractivity contribution in [2.75, 3.05) is 0 Å². The minimum atomic E-state index is -0.845. The lowest BCUT2D eigenvalue weighted by Crippen LogP contribution is -1.93. The van der Waals surface area contributed by atoms with Gasteiger partial charge in [-0.1, -0.05) is 50.3 Å². The van der Waals surface area contributed by atoms with Crippen LogP contribution in [0.3, 0.4) is 0 Å². The number of phenolic OH excluding ortho intramolecular Hbond substituents is 2. The molecule has 4 heteroatoms. The van der Waals surface area contributed by atoms with Crippen molar-refractivity contribution in [3.05, 3.63) is 59.7 Å². The van der Waals surface area contributed by atoms with Crippen LogP contribution < -0.4 is 0 Å². The van der Waals surface area contributed by atoms with Gasteiger partial charge in [0.15, 0.2) is 0 Å². The Hall–Kier alpha value is -2.75. The summed E-state index contributed by atoms with van der Waals surface area (Å²) in [6.07, 6.45) is 1.56. The molecule has 2 aromatic carbocycles. The number of carboxylic acids is 1. The van der Waals surface area contributed by atoms with E-state index < -0.39 is 5.97 Å². The molecule has 24 heavy (non-hydrogen) atoms. The number of rotatable bonds is 3. The maximum absolute atomic E-state index is 10.0. The summed E-state index contributed by atoms with van der Waals surface area (Å²) in [6.45, 7) is 7.39. The van der Waals surface area contributed by atoms with Crippen LogP contribution in [-0.4, -0.2) is 21.3 Å². The van der Waals surface area contributed by atoms with Crippen LogP contribution in [0, 0.1) is 0 Å². The monoisotopic (exact) mass is 328 g/mol. The first-order valence-electron chi connectivity index (χ1n) is 7.76. The molecule has 0 aliphatic rings. The number of aromatic hydroxyl groups is 2. The van der Waals surface area contributed by atoms with Gasteiger partial charge in [-0.2, -0.15) is 0 Å². The molecular weight excluding hydrogens is 304 g/mol. The summed E-state index contributed by atoms with van der Waals surface area (Å²) >= 11 is 0.